The maximum atomic E-state index is 12.6. The van der Waals surface area contributed by atoms with Gasteiger partial charge in [0.05, 0.1) is 18.8 Å². The van der Waals surface area contributed by atoms with Gasteiger partial charge in [-0.2, -0.15) is 0 Å². The number of nitrogens with one attached hydrogen (secondary N) is 1. The highest BCUT2D eigenvalue weighted by atomic mass is 16.5. The maximum Gasteiger partial charge on any atom is 0.265 e. The van der Waals surface area contributed by atoms with Crippen LogP contribution in [0.3, 0.4) is 0 Å². The molecular formula is C17H22N4O4. The van der Waals surface area contributed by atoms with E-state index >= 15 is 0 Å². The monoisotopic (exact) mass is 346 g/mol. The Bertz CT molecular complexity index is 833. The minimum absolute atomic E-state index is 0.182. The van der Waals surface area contributed by atoms with Crippen LogP contribution in [0, 0.1) is 6.92 Å². The Labute approximate surface area is 145 Å². The molecule has 0 bridgehead atoms. The number of furan rings is 1. The van der Waals surface area contributed by atoms with Gasteiger partial charge in [-0.15, -0.1) is 6.58 Å². The van der Waals surface area contributed by atoms with Crippen molar-refractivity contribution < 1.29 is 13.9 Å². The fourth-order valence-electron chi connectivity index (χ4n) is 2.92. The second-order valence-electron chi connectivity index (χ2n) is 5.91. The number of aryl methyl sites for hydroxylation is 1. The summed E-state index contributed by atoms with van der Waals surface area (Å²) in [6.07, 6.45) is 3.00. The van der Waals surface area contributed by atoms with Crippen molar-refractivity contribution in [3.05, 3.63) is 40.7 Å². The van der Waals surface area contributed by atoms with Gasteiger partial charge >= 0.3 is 0 Å². The molecule has 8 heteroatoms. The van der Waals surface area contributed by atoms with Crippen molar-refractivity contribution in [1.82, 2.24) is 19.8 Å². The molecule has 25 heavy (non-hydrogen) atoms. The lowest BCUT2D eigenvalue weighted by molar-refractivity contribution is 0.0383. The van der Waals surface area contributed by atoms with Crippen LogP contribution in [-0.4, -0.2) is 59.8 Å². The topological polar surface area (TPSA) is 89.6 Å². The number of morpholine rings is 1. The van der Waals surface area contributed by atoms with Crippen molar-refractivity contribution in [2.45, 2.75) is 13.5 Å². The highest BCUT2D eigenvalue weighted by molar-refractivity contribution is 6.06. The Morgan fingerprint density at radius 1 is 1.44 bits per heavy atom. The first kappa shape index (κ1) is 17.4. The highest BCUT2D eigenvalue weighted by Gasteiger charge is 2.22. The van der Waals surface area contributed by atoms with Gasteiger partial charge in [-0.1, -0.05) is 6.08 Å². The zero-order valence-electron chi connectivity index (χ0n) is 14.3. The highest BCUT2D eigenvalue weighted by Crippen LogP contribution is 2.20. The molecule has 0 saturated carbocycles. The van der Waals surface area contributed by atoms with Gasteiger partial charge in [-0.25, -0.2) is 4.98 Å². The van der Waals surface area contributed by atoms with E-state index in [1.807, 2.05) is 0 Å². The Morgan fingerprint density at radius 2 is 2.20 bits per heavy atom. The third kappa shape index (κ3) is 3.64. The summed E-state index contributed by atoms with van der Waals surface area (Å²) in [5.41, 5.74) is 0.133. The third-order valence-electron chi connectivity index (χ3n) is 4.22. The van der Waals surface area contributed by atoms with Gasteiger partial charge in [0.1, 0.15) is 17.5 Å². The van der Waals surface area contributed by atoms with Crippen LogP contribution in [-0.2, 0) is 11.3 Å². The molecule has 0 radical (unpaired) electrons. The Morgan fingerprint density at radius 3 is 2.92 bits per heavy atom. The van der Waals surface area contributed by atoms with Gasteiger partial charge in [0.15, 0.2) is 0 Å². The Hall–Kier alpha value is -2.45. The number of fused-ring (bicyclic) bond motifs is 1. The summed E-state index contributed by atoms with van der Waals surface area (Å²) >= 11 is 0. The molecule has 1 amide bonds. The summed E-state index contributed by atoms with van der Waals surface area (Å²) in [5, 5.41) is 3.08. The van der Waals surface area contributed by atoms with Crippen molar-refractivity contribution in [3.63, 3.8) is 0 Å². The van der Waals surface area contributed by atoms with Crippen molar-refractivity contribution in [1.29, 1.82) is 0 Å². The minimum Gasteiger partial charge on any atom is -0.442 e. The molecule has 8 nitrogen and oxygen atoms in total. The molecule has 0 atom stereocenters. The van der Waals surface area contributed by atoms with Crippen LogP contribution in [0.4, 0.5) is 0 Å². The second-order valence-corrected chi connectivity index (χ2v) is 5.91. The van der Waals surface area contributed by atoms with E-state index in [1.165, 1.54) is 10.9 Å². The summed E-state index contributed by atoms with van der Waals surface area (Å²) in [4.78, 5) is 31.5. The number of amides is 1. The summed E-state index contributed by atoms with van der Waals surface area (Å²) in [7, 11) is 0. The van der Waals surface area contributed by atoms with E-state index in [1.54, 1.807) is 13.0 Å². The lowest BCUT2D eigenvalue weighted by Gasteiger charge is -2.26. The van der Waals surface area contributed by atoms with E-state index < -0.39 is 0 Å². The molecule has 0 unspecified atom stereocenters. The van der Waals surface area contributed by atoms with Crippen molar-refractivity contribution in [2.24, 2.45) is 0 Å². The fraction of sp³-hybridized carbons (Fsp3) is 0.471. The van der Waals surface area contributed by atoms with Crippen molar-refractivity contribution in [2.75, 3.05) is 39.4 Å². The standard InChI is InChI=1S/C17H22N4O4/c1-3-5-21-11-19-16-14(17(21)23)13(12(2)25-16)15(22)18-4-6-20-7-9-24-10-8-20/h3,11H,1,4-10H2,2H3,(H,18,22). The molecule has 1 fully saturated rings. The lowest BCUT2D eigenvalue weighted by Crippen LogP contribution is -2.41. The zero-order valence-corrected chi connectivity index (χ0v) is 14.3. The van der Waals surface area contributed by atoms with Gasteiger partial charge in [-0.3, -0.25) is 19.1 Å². The van der Waals surface area contributed by atoms with E-state index in [4.69, 9.17) is 9.15 Å². The van der Waals surface area contributed by atoms with Gasteiger partial charge < -0.3 is 14.5 Å². The fourth-order valence-corrected chi connectivity index (χ4v) is 2.92. The van der Waals surface area contributed by atoms with Crippen LogP contribution in [0.25, 0.3) is 11.1 Å². The molecule has 2 aromatic rings. The lowest BCUT2D eigenvalue weighted by atomic mass is 10.2. The third-order valence-corrected chi connectivity index (χ3v) is 4.22. The largest absolute Gasteiger partial charge is 0.442 e. The SMILES string of the molecule is C=CCn1cnc2oc(C)c(C(=O)NCCN3CCOCC3)c2c1=O. The summed E-state index contributed by atoms with van der Waals surface area (Å²) in [5.74, 6) is 0.0691. The minimum atomic E-state index is -0.320. The van der Waals surface area contributed by atoms with Crippen LogP contribution >= 0.6 is 0 Å². The van der Waals surface area contributed by atoms with Gasteiger partial charge in [0.2, 0.25) is 5.71 Å². The Balaban J connectivity index is 1.78. The molecule has 0 aromatic carbocycles. The number of ether oxygens (including phenoxy) is 1. The number of aromatic nitrogens is 2. The molecule has 1 saturated heterocycles. The first-order valence-corrected chi connectivity index (χ1v) is 8.29. The number of hydrogen-bond acceptors (Lipinski definition) is 6. The molecule has 134 valence electrons. The first-order chi connectivity index (χ1) is 12.1. The van der Waals surface area contributed by atoms with Gasteiger partial charge in [-0.05, 0) is 6.92 Å². The van der Waals surface area contributed by atoms with E-state index in [2.05, 4.69) is 21.8 Å². The van der Waals surface area contributed by atoms with Crippen LogP contribution in [0.1, 0.15) is 16.1 Å². The van der Waals surface area contributed by atoms with Crippen molar-refractivity contribution >= 4 is 17.0 Å². The van der Waals surface area contributed by atoms with Gasteiger partial charge in [0, 0.05) is 32.7 Å². The zero-order chi connectivity index (χ0) is 17.8. The van der Waals surface area contributed by atoms with E-state index in [0.29, 0.717) is 32.1 Å². The molecule has 1 aliphatic rings. The smallest absolute Gasteiger partial charge is 0.265 e. The van der Waals surface area contributed by atoms with Crippen LogP contribution in [0.5, 0.6) is 0 Å². The Kier molecular flexibility index (Phi) is 5.30. The number of carbonyl (C=O) groups is 1. The van der Waals surface area contributed by atoms with Crippen LogP contribution in [0.15, 0.2) is 28.2 Å². The van der Waals surface area contributed by atoms with E-state index in [-0.39, 0.29) is 28.1 Å². The van der Waals surface area contributed by atoms with Gasteiger partial charge in [0.25, 0.3) is 11.5 Å². The van der Waals surface area contributed by atoms with Crippen LogP contribution < -0.4 is 10.9 Å². The summed E-state index contributed by atoms with van der Waals surface area (Å²) < 4.78 is 12.2. The number of hydrogen-bond donors (Lipinski definition) is 1. The van der Waals surface area contributed by atoms with E-state index in [9.17, 15) is 9.59 Å². The van der Waals surface area contributed by atoms with E-state index in [0.717, 1.165) is 19.6 Å². The number of rotatable bonds is 6. The predicted octanol–water partition coefficient (Wildman–Crippen LogP) is 0.546. The number of allylic oxidation sites excluding steroid dienone is 1. The maximum absolute atomic E-state index is 12.6. The molecular weight excluding hydrogens is 324 g/mol. The number of carbonyl (C=O) groups excluding carboxylic acids is 1. The average Bonchev–Trinajstić information content (AvgIpc) is 2.95. The number of nitrogens with zero attached hydrogens (tertiary/aromatic N) is 3. The summed E-state index contributed by atoms with van der Waals surface area (Å²) in [6.45, 7) is 9.99. The average molecular weight is 346 g/mol. The van der Waals surface area contributed by atoms with Crippen molar-refractivity contribution in [3.8, 4) is 0 Å². The molecule has 3 rings (SSSR count). The van der Waals surface area contributed by atoms with Crippen LogP contribution in [0.2, 0.25) is 0 Å². The quantitative estimate of drug-likeness (QED) is 0.768. The molecule has 2 aromatic heterocycles. The predicted molar refractivity (Wildman–Crippen MR) is 92.8 cm³/mol. The first-order valence-electron chi connectivity index (χ1n) is 8.29. The molecule has 1 N–H and O–H groups in total. The molecule has 1 aliphatic heterocycles. The summed E-state index contributed by atoms with van der Waals surface area (Å²) in [6, 6.07) is 0. The molecule has 0 aliphatic carbocycles. The second kappa shape index (κ2) is 7.62. The molecule has 0 spiro atoms. The molecule has 3 heterocycles. The normalized spacial score (nSPS) is 15.4.